The molecule has 0 fully saturated rings. The van der Waals surface area contributed by atoms with Crippen LogP contribution in [-0.2, 0) is 5.75 Å². The Labute approximate surface area is 126 Å². The van der Waals surface area contributed by atoms with Gasteiger partial charge in [-0.25, -0.2) is 0 Å². The Morgan fingerprint density at radius 1 is 1.63 bits per heavy atom. The fourth-order valence-electron chi connectivity index (χ4n) is 1.42. The topological polar surface area (TPSA) is 83.8 Å². The van der Waals surface area contributed by atoms with Crippen LogP contribution in [0.4, 0.5) is 11.5 Å². The van der Waals surface area contributed by atoms with E-state index >= 15 is 0 Å². The Hall–Kier alpha value is -1.06. The van der Waals surface area contributed by atoms with Gasteiger partial charge in [-0.15, -0.1) is 0 Å². The molecule has 0 bridgehead atoms. The lowest BCUT2D eigenvalue weighted by Crippen LogP contribution is -2.06. The highest BCUT2D eigenvalue weighted by molar-refractivity contribution is 9.10. The number of hydrogen-bond acceptors (Lipinski definition) is 6. The number of nitrogens with one attached hydrogen (secondary N) is 2. The molecule has 0 amide bonds. The van der Waals surface area contributed by atoms with Gasteiger partial charge in [-0.2, -0.15) is 16.1 Å². The largest absolute Gasteiger partial charge is 0.365 e. The smallest absolute Gasteiger partial charge is 0.310 e. The van der Waals surface area contributed by atoms with Crippen LogP contribution in [0.5, 0.6) is 0 Å². The summed E-state index contributed by atoms with van der Waals surface area (Å²) >= 11 is 6.59. The number of thioether (sulfide) groups is 1. The summed E-state index contributed by atoms with van der Waals surface area (Å²) in [5, 5.41) is 15.7. The van der Waals surface area contributed by atoms with Gasteiger partial charge in [0.25, 0.3) is 0 Å². The number of rotatable bonds is 7. The molecule has 102 valence electrons. The van der Waals surface area contributed by atoms with E-state index in [1.807, 2.05) is 5.38 Å². The van der Waals surface area contributed by atoms with Gasteiger partial charge in [0.1, 0.15) is 0 Å². The van der Waals surface area contributed by atoms with Crippen LogP contribution in [-0.4, -0.2) is 26.6 Å². The van der Waals surface area contributed by atoms with Crippen molar-refractivity contribution in [3.8, 4) is 0 Å². The molecule has 6 nitrogen and oxygen atoms in total. The lowest BCUT2D eigenvalue weighted by atomic mass is 10.5. The second-order valence-corrected chi connectivity index (χ2v) is 6.17. The van der Waals surface area contributed by atoms with Gasteiger partial charge >= 0.3 is 5.69 Å². The van der Waals surface area contributed by atoms with E-state index in [4.69, 9.17) is 0 Å². The average molecular weight is 363 g/mol. The highest BCUT2D eigenvalue weighted by Gasteiger charge is 2.13. The van der Waals surface area contributed by atoms with Crippen molar-refractivity contribution >= 4 is 50.7 Å². The van der Waals surface area contributed by atoms with E-state index in [1.165, 1.54) is 17.6 Å². The van der Waals surface area contributed by atoms with Crippen molar-refractivity contribution in [1.82, 2.24) is 9.36 Å². The monoisotopic (exact) mass is 362 g/mol. The maximum atomic E-state index is 10.7. The van der Waals surface area contributed by atoms with Crippen LogP contribution in [0.15, 0.2) is 22.1 Å². The summed E-state index contributed by atoms with van der Waals surface area (Å²) in [4.78, 5) is 13.1. The number of hydrogen-bond donors (Lipinski definition) is 2. The second kappa shape index (κ2) is 6.92. The van der Waals surface area contributed by atoms with Crippen molar-refractivity contribution in [1.29, 1.82) is 0 Å². The molecule has 19 heavy (non-hydrogen) atoms. The van der Waals surface area contributed by atoms with E-state index in [2.05, 4.69) is 30.6 Å². The molecule has 2 N–H and O–H groups in total. The molecule has 2 aromatic rings. The molecule has 0 unspecified atom stereocenters. The van der Waals surface area contributed by atoms with Gasteiger partial charge < -0.3 is 10.3 Å². The first-order valence-corrected chi connectivity index (χ1v) is 8.19. The molecule has 0 saturated heterocycles. The van der Waals surface area contributed by atoms with Gasteiger partial charge in [-0.05, 0) is 27.5 Å². The Balaban J connectivity index is 1.71. The molecule has 9 heteroatoms. The third-order valence-corrected chi connectivity index (χ3v) is 4.93. The van der Waals surface area contributed by atoms with Crippen LogP contribution in [0.25, 0.3) is 0 Å². The minimum absolute atomic E-state index is 0.0762. The van der Waals surface area contributed by atoms with Crippen LogP contribution in [0.1, 0.15) is 5.69 Å². The van der Waals surface area contributed by atoms with E-state index in [-0.39, 0.29) is 5.69 Å². The van der Waals surface area contributed by atoms with Gasteiger partial charge in [0.15, 0.2) is 5.82 Å². The number of nitro groups is 1. The van der Waals surface area contributed by atoms with Crippen molar-refractivity contribution in [3.63, 3.8) is 0 Å². The van der Waals surface area contributed by atoms with Crippen LogP contribution in [0, 0.1) is 10.1 Å². The summed E-state index contributed by atoms with van der Waals surface area (Å²) < 4.78 is 5.30. The maximum Gasteiger partial charge on any atom is 0.310 e. The van der Waals surface area contributed by atoms with Gasteiger partial charge in [-0.1, -0.05) is 0 Å². The van der Waals surface area contributed by atoms with E-state index < -0.39 is 4.92 Å². The number of anilines is 1. The number of halogens is 1. The average Bonchev–Trinajstić information content (AvgIpc) is 2.98. The molecule has 0 atom stereocenters. The Morgan fingerprint density at radius 3 is 3.16 bits per heavy atom. The molecule has 0 saturated carbocycles. The first-order chi connectivity index (χ1) is 9.18. The zero-order valence-electron chi connectivity index (χ0n) is 9.76. The minimum atomic E-state index is -0.404. The lowest BCUT2D eigenvalue weighted by molar-refractivity contribution is -0.383. The summed E-state index contributed by atoms with van der Waals surface area (Å²) in [6.45, 7) is 0.660. The third kappa shape index (κ3) is 3.95. The molecule has 0 aliphatic rings. The molecule has 0 aromatic carbocycles. The molecule has 0 aliphatic heterocycles. The molecule has 2 aromatic heterocycles. The van der Waals surface area contributed by atoms with Crippen LogP contribution in [0.3, 0.4) is 0 Å². The van der Waals surface area contributed by atoms with Crippen LogP contribution < -0.4 is 5.32 Å². The molecule has 0 aliphatic carbocycles. The predicted octanol–water partition coefficient (Wildman–Crippen LogP) is 3.49. The second-order valence-electron chi connectivity index (χ2n) is 3.58. The summed E-state index contributed by atoms with van der Waals surface area (Å²) in [5.41, 5.74) is 1.12. The third-order valence-electron chi connectivity index (χ3n) is 2.30. The van der Waals surface area contributed by atoms with Gasteiger partial charge in [0, 0.05) is 35.7 Å². The van der Waals surface area contributed by atoms with Crippen molar-refractivity contribution in [2.45, 2.75) is 5.75 Å². The Morgan fingerprint density at radius 2 is 2.47 bits per heavy atom. The zero-order chi connectivity index (χ0) is 13.7. The van der Waals surface area contributed by atoms with Crippen molar-refractivity contribution in [2.75, 3.05) is 17.6 Å². The van der Waals surface area contributed by atoms with Crippen LogP contribution >= 0.6 is 39.2 Å². The number of aromatic nitrogens is 2. The first-order valence-electron chi connectivity index (χ1n) is 5.40. The number of aromatic amines is 1. The highest BCUT2D eigenvalue weighted by Crippen LogP contribution is 2.23. The standard InChI is InChI=1S/C10H11BrN4O2S2/c11-7-5-19-14-8(7)6-18-4-3-13-10-9(15(16)17)1-2-12-10/h1-2,5,12-13H,3-4,6H2. The molecular weight excluding hydrogens is 352 g/mol. The van der Waals surface area contributed by atoms with Crippen LogP contribution in [0.2, 0.25) is 0 Å². The quantitative estimate of drug-likeness (QED) is 0.447. The van der Waals surface area contributed by atoms with E-state index in [0.717, 1.165) is 21.7 Å². The molecule has 2 rings (SSSR count). The van der Waals surface area contributed by atoms with Gasteiger partial charge in [0.2, 0.25) is 0 Å². The Bertz CT molecular complexity index is 557. The summed E-state index contributed by atoms with van der Waals surface area (Å²) in [6.07, 6.45) is 1.56. The summed E-state index contributed by atoms with van der Waals surface area (Å²) in [7, 11) is 0. The lowest BCUT2D eigenvalue weighted by Gasteiger charge is -2.03. The molecule has 0 spiro atoms. The first kappa shape index (κ1) is 14.4. The number of H-pyrrole nitrogens is 1. The zero-order valence-corrected chi connectivity index (χ0v) is 13.0. The van der Waals surface area contributed by atoms with Crippen molar-refractivity contribution in [2.24, 2.45) is 0 Å². The summed E-state index contributed by atoms with van der Waals surface area (Å²) in [6, 6.07) is 1.45. The number of nitrogens with zero attached hydrogens (tertiary/aromatic N) is 2. The molecule has 0 radical (unpaired) electrons. The fraction of sp³-hybridized carbons (Fsp3) is 0.300. The van der Waals surface area contributed by atoms with E-state index in [9.17, 15) is 10.1 Å². The van der Waals surface area contributed by atoms with E-state index in [1.54, 1.807) is 18.0 Å². The maximum absolute atomic E-state index is 10.7. The minimum Gasteiger partial charge on any atom is -0.365 e. The van der Waals surface area contributed by atoms with Crippen molar-refractivity contribution < 1.29 is 4.92 Å². The SMILES string of the molecule is O=[N+]([O-])c1cc[nH]c1NCCSCc1nscc1Br. The van der Waals surface area contributed by atoms with Crippen molar-refractivity contribution in [3.05, 3.63) is 37.9 Å². The Kier molecular flexibility index (Phi) is 5.23. The van der Waals surface area contributed by atoms with E-state index in [0.29, 0.717) is 12.4 Å². The predicted molar refractivity (Wildman–Crippen MR) is 81.9 cm³/mol. The normalized spacial score (nSPS) is 10.6. The molecular formula is C10H11BrN4O2S2. The van der Waals surface area contributed by atoms with Gasteiger partial charge in [0.05, 0.1) is 15.1 Å². The molecule has 2 heterocycles. The fourth-order valence-corrected chi connectivity index (χ4v) is 3.65. The highest BCUT2D eigenvalue weighted by atomic mass is 79.9. The van der Waals surface area contributed by atoms with Gasteiger partial charge in [-0.3, -0.25) is 10.1 Å². The summed E-state index contributed by atoms with van der Waals surface area (Å²) in [5.74, 6) is 2.14.